The van der Waals surface area contributed by atoms with Crippen LogP contribution in [0.4, 0.5) is 4.39 Å². The highest BCUT2D eigenvalue weighted by atomic mass is 19.1. The van der Waals surface area contributed by atoms with Crippen molar-refractivity contribution in [3.8, 4) is 11.5 Å². The smallest absolute Gasteiger partial charge is 0.267 e. The Labute approximate surface area is 140 Å². The van der Waals surface area contributed by atoms with Gasteiger partial charge in [-0.1, -0.05) is 24.3 Å². The number of carbonyl (C=O) groups excluding carboxylic acids is 1. The first-order valence-corrected chi connectivity index (χ1v) is 8.04. The molecule has 1 aliphatic heterocycles. The van der Waals surface area contributed by atoms with Crippen molar-refractivity contribution in [2.24, 2.45) is 0 Å². The van der Waals surface area contributed by atoms with E-state index in [2.05, 4.69) is 0 Å². The average Bonchev–Trinajstić information content (AvgIpc) is 2.58. The standard InChI is InChI=1S/C19H20FNO3/c1-3-21(12-14-7-6-8-15(20)11-14)19(22)18-13(2)23-16-9-4-5-10-17(16)24-18/h4-11,13,18H,3,12H2,1-2H3/t13-,18+/m1/s1. The molecule has 0 aliphatic carbocycles. The van der Waals surface area contributed by atoms with E-state index in [1.165, 1.54) is 12.1 Å². The maximum atomic E-state index is 13.4. The van der Waals surface area contributed by atoms with Crippen molar-refractivity contribution < 1.29 is 18.7 Å². The van der Waals surface area contributed by atoms with E-state index in [1.807, 2.05) is 32.0 Å². The summed E-state index contributed by atoms with van der Waals surface area (Å²) in [5.41, 5.74) is 0.745. The van der Waals surface area contributed by atoms with Crippen LogP contribution in [0.1, 0.15) is 19.4 Å². The van der Waals surface area contributed by atoms with Gasteiger partial charge in [-0.05, 0) is 43.7 Å². The average molecular weight is 329 g/mol. The van der Waals surface area contributed by atoms with Gasteiger partial charge in [0.05, 0.1) is 0 Å². The quantitative estimate of drug-likeness (QED) is 0.863. The van der Waals surface area contributed by atoms with Crippen molar-refractivity contribution in [2.45, 2.75) is 32.6 Å². The molecule has 0 bridgehead atoms. The number of amides is 1. The maximum absolute atomic E-state index is 13.4. The monoisotopic (exact) mass is 329 g/mol. The molecule has 1 heterocycles. The Hall–Kier alpha value is -2.56. The Bertz CT molecular complexity index is 734. The van der Waals surface area contributed by atoms with Crippen molar-refractivity contribution in [1.82, 2.24) is 4.90 Å². The van der Waals surface area contributed by atoms with Crippen molar-refractivity contribution >= 4 is 5.91 Å². The van der Waals surface area contributed by atoms with Crippen LogP contribution in [0.15, 0.2) is 48.5 Å². The predicted molar refractivity (Wildman–Crippen MR) is 88.4 cm³/mol. The van der Waals surface area contributed by atoms with Crippen LogP contribution < -0.4 is 9.47 Å². The molecule has 4 nitrogen and oxygen atoms in total. The lowest BCUT2D eigenvalue weighted by Crippen LogP contribution is -2.50. The second-order valence-electron chi connectivity index (χ2n) is 5.79. The van der Waals surface area contributed by atoms with Crippen LogP contribution in [0, 0.1) is 5.82 Å². The summed E-state index contributed by atoms with van der Waals surface area (Å²) in [4.78, 5) is 14.5. The Morgan fingerprint density at radius 2 is 1.83 bits per heavy atom. The van der Waals surface area contributed by atoms with Crippen LogP contribution in [0.25, 0.3) is 0 Å². The second-order valence-corrected chi connectivity index (χ2v) is 5.79. The van der Waals surface area contributed by atoms with Gasteiger partial charge in [0.1, 0.15) is 11.9 Å². The van der Waals surface area contributed by atoms with E-state index in [0.717, 1.165) is 5.56 Å². The lowest BCUT2D eigenvalue weighted by Gasteiger charge is -2.34. The maximum Gasteiger partial charge on any atom is 0.267 e. The van der Waals surface area contributed by atoms with Crippen LogP contribution in [-0.2, 0) is 11.3 Å². The minimum atomic E-state index is -0.714. The SMILES string of the molecule is CCN(Cc1cccc(F)c1)C(=O)[C@H]1Oc2ccccc2O[C@@H]1C. The Kier molecular flexibility index (Phi) is 4.69. The fraction of sp³-hybridized carbons (Fsp3) is 0.316. The van der Waals surface area contributed by atoms with Gasteiger partial charge in [-0.3, -0.25) is 4.79 Å². The molecule has 0 aromatic heterocycles. The van der Waals surface area contributed by atoms with Gasteiger partial charge in [-0.15, -0.1) is 0 Å². The molecule has 0 saturated heterocycles. The second kappa shape index (κ2) is 6.91. The van der Waals surface area contributed by atoms with Gasteiger partial charge in [0.15, 0.2) is 11.5 Å². The lowest BCUT2D eigenvalue weighted by molar-refractivity contribution is -0.144. The summed E-state index contributed by atoms with van der Waals surface area (Å²) < 4.78 is 25.0. The molecule has 3 rings (SSSR count). The number of likely N-dealkylation sites (N-methyl/N-ethyl adjacent to an activating group) is 1. The first kappa shape index (κ1) is 16.3. The van der Waals surface area contributed by atoms with Crippen molar-refractivity contribution in [1.29, 1.82) is 0 Å². The molecule has 0 spiro atoms. The Morgan fingerprint density at radius 3 is 2.50 bits per heavy atom. The van der Waals surface area contributed by atoms with E-state index in [1.54, 1.807) is 23.1 Å². The molecule has 0 N–H and O–H groups in total. The number of benzene rings is 2. The van der Waals surface area contributed by atoms with Crippen LogP contribution >= 0.6 is 0 Å². The van der Waals surface area contributed by atoms with E-state index >= 15 is 0 Å². The summed E-state index contributed by atoms with van der Waals surface area (Å²) in [5, 5.41) is 0. The molecule has 0 saturated carbocycles. The van der Waals surface area contributed by atoms with Gasteiger partial charge < -0.3 is 14.4 Å². The molecular weight excluding hydrogens is 309 g/mol. The van der Waals surface area contributed by atoms with Crippen LogP contribution in [0.2, 0.25) is 0 Å². The Morgan fingerprint density at radius 1 is 1.12 bits per heavy atom. The highest BCUT2D eigenvalue weighted by Gasteiger charge is 2.36. The molecule has 24 heavy (non-hydrogen) atoms. The van der Waals surface area contributed by atoms with Crippen LogP contribution in [0.5, 0.6) is 11.5 Å². The molecule has 5 heteroatoms. The fourth-order valence-electron chi connectivity index (χ4n) is 2.77. The normalized spacial score (nSPS) is 19.0. The molecule has 1 amide bonds. The zero-order valence-electron chi connectivity index (χ0n) is 13.7. The molecule has 0 radical (unpaired) electrons. The molecule has 0 unspecified atom stereocenters. The zero-order chi connectivity index (χ0) is 17.1. The van der Waals surface area contributed by atoms with E-state index < -0.39 is 12.2 Å². The largest absolute Gasteiger partial charge is 0.482 e. The number of nitrogens with zero attached hydrogens (tertiary/aromatic N) is 1. The lowest BCUT2D eigenvalue weighted by atomic mass is 10.1. The van der Waals surface area contributed by atoms with Gasteiger partial charge in [0.2, 0.25) is 6.10 Å². The number of ether oxygens (including phenoxy) is 2. The summed E-state index contributed by atoms with van der Waals surface area (Å²) in [6.45, 7) is 4.54. The van der Waals surface area contributed by atoms with Crippen LogP contribution in [0.3, 0.4) is 0 Å². The molecule has 2 aromatic rings. The molecule has 1 aliphatic rings. The van der Waals surface area contributed by atoms with E-state index in [9.17, 15) is 9.18 Å². The number of halogens is 1. The third kappa shape index (κ3) is 3.35. The Balaban J connectivity index is 1.76. The number of hydrogen-bond donors (Lipinski definition) is 0. The van der Waals surface area contributed by atoms with Crippen LogP contribution in [-0.4, -0.2) is 29.6 Å². The van der Waals surface area contributed by atoms with Gasteiger partial charge >= 0.3 is 0 Å². The van der Waals surface area contributed by atoms with Gasteiger partial charge in [0, 0.05) is 13.1 Å². The minimum absolute atomic E-state index is 0.163. The minimum Gasteiger partial charge on any atom is -0.482 e. The fourth-order valence-corrected chi connectivity index (χ4v) is 2.77. The third-order valence-corrected chi connectivity index (χ3v) is 4.04. The zero-order valence-corrected chi connectivity index (χ0v) is 13.7. The molecule has 2 atom stereocenters. The number of carbonyl (C=O) groups is 1. The summed E-state index contributed by atoms with van der Waals surface area (Å²) >= 11 is 0. The summed E-state index contributed by atoms with van der Waals surface area (Å²) in [6, 6.07) is 13.6. The van der Waals surface area contributed by atoms with E-state index in [0.29, 0.717) is 24.6 Å². The molecule has 2 aromatic carbocycles. The van der Waals surface area contributed by atoms with Crippen molar-refractivity contribution in [3.05, 3.63) is 59.9 Å². The van der Waals surface area contributed by atoms with Crippen molar-refractivity contribution in [3.63, 3.8) is 0 Å². The first-order chi connectivity index (χ1) is 11.6. The summed E-state index contributed by atoms with van der Waals surface area (Å²) in [6.07, 6.45) is -1.11. The number of fused-ring (bicyclic) bond motifs is 1. The van der Waals surface area contributed by atoms with E-state index in [4.69, 9.17) is 9.47 Å². The predicted octanol–water partition coefficient (Wildman–Crippen LogP) is 3.40. The first-order valence-electron chi connectivity index (χ1n) is 8.04. The van der Waals surface area contributed by atoms with Crippen molar-refractivity contribution in [2.75, 3.05) is 6.54 Å². The number of rotatable bonds is 4. The highest BCUT2D eigenvalue weighted by molar-refractivity contribution is 5.82. The number of para-hydroxylation sites is 2. The molecule has 126 valence electrons. The topological polar surface area (TPSA) is 38.8 Å². The van der Waals surface area contributed by atoms with Gasteiger partial charge in [-0.2, -0.15) is 0 Å². The van der Waals surface area contributed by atoms with Gasteiger partial charge in [0.25, 0.3) is 5.91 Å². The van der Waals surface area contributed by atoms with Gasteiger partial charge in [-0.25, -0.2) is 4.39 Å². The molecular formula is C19H20FNO3. The number of hydrogen-bond acceptors (Lipinski definition) is 3. The third-order valence-electron chi connectivity index (χ3n) is 4.04. The highest BCUT2D eigenvalue weighted by Crippen LogP contribution is 2.34. The molecule has 0 fully saturated rings. The summed E-state index contributed by atoms with van der Waals surface area (Å²) in [7, 11) is 0. The summed E-state index contributed by atoms with van der Waals surface area (Å²) in [5.74, 6) is 0.734. The van der Waals surface area contributed by atoms with E-state index in [-0.39, 0.29) is 11.7 Å².